The molecule has 0 saturated carbocycles. The Kier molecular flexibility index (Phi) is 1.36. The van der Waals surface area contributed by atoms with Crippen molar-refractivity contribution in [1.29, 1.82) is 0 Å². The molecule has 0 saturated heterocycles. The third kappa shape index (κ3) is 3.59. The second-order valence-corrected chi connectivity index (χ2v) is 5.13. The SMILES string of the molecule is [2H]c1[nH]c2c([2H])c([2H])c(C([2H])([2H])S(=O)(=O)NC)c([2H])c2c1C([2H])([2H])C([2H])([2H])N(C([2H])([2H])[2H])C([2H])([2H])[2H]. The minimum absolute atomic E-state index is 0.639. The number of H-pyrrole nitrogens is 1. The Morgan fingerprint density at radius 2 is 2.30 bits per heavy atom. The van der Waals surface area contributed by atoms with Crippen LogP contribution in [0.1, 0.15) is 33.1 Å². The summed E-state index contributed by atoms with van der Waals surface area (Å²) in [5.41, 5.74) is -6.57. The first kappa shape index (κ1) is 4.56. The molecule has 110 valence electrons. The fourth-order valence-corrected chi connectivity index (χ4v) is 1.79. The largest absolute Gasteiger partial charge is 0.361 e. The number of hydrogen-bond donors (Lipinski definition) is 2. The molecule has 0 bridgehead atoms. The predicted octanol–water partition coefficient (Wildman–Crippen LogP) is 1.32. The summed E-state index contributed by atoms with van der Waals surface area (Å²) in [6, 6.07) is -3.27. The highest BCUT2D eigenvalue weighted by molar-refractivity contribution is 7.88. The molecule has 0 fully saturated rings. The Balaban J connectivity index is 3.10. The summed E-state index contributed by atoms with van der Waals surface area (Å²) >= 11 is 0. The van der Waals surface area contributed by atoms with Crippen LogP contribution in [0.5, 0.6) is 0 Å². The van der Waals surface area contributed by atoms with Gasteiger partial charge in [0.1, 0.15) is 0 Å². The van der Waals surface area contributed by atoms with Crippen molar-refractivity contribution in [2.45, 2.75) is 12.1 Å². The second kappa shape index (κ2) is 5.95. The molecule has 2 N–H and O–H groups in total. The van der Waals surface area contributed by atoms with Crippen molar-refractivity contribution in [3.05, 3.63) is 35.4 Å². The zero-order valence-electron chi connectivity index (χ0n) is 26.2. The standard InChI is InChI=1S/C14H21N3O2S/c1-15-20(18,19)10-11-4-5-14-13(8-11)12(9-16-14)6-7-17(2)3/h4-5,8-9,15-16H,6-7,10H2,1-3H3/i2D3,3D3,4D,5D,6D2,7D2,8D,9D,10D2. The van der Waals surface area contributed by atoms with Crippen LogP contribution in [0.25, 0.3) is 10.9 Å². The Morgan fingerprint density at radius 3 is 3.00 bits per heavy atom. The quantitative estimate of drug-likeness (QED) is 0.845. The summed E-state index contributed by atoms with van der Waals surface area (Å²) in [5.74, 6) is 0. The summed E-state index contributed by atoms with van der Waals surface area (Å²) in [6.45, 7) is -11.4. The molecule has 0 radical (unpaired) electrons. The number of nitrogens with zero attached hydrogens (tertiary/aromatic N) is 1. The fourth-order valence-electron chi connectivity index (χ4n) is 1.32. The molecule has 0 atom stereocenters. The Bertz CT molecular complexity index is 1280. The van der Waals surface area contributed by atoms with Crippen LogP contribution >= 0.6 is 0 Å². The minimum atomic E-state index is -4.93. The Labute approximate surface area is 142 Å². The maximum Gasteiger partial charge on any atom is 0.215 e. The topological polar surface area (TPSA) is 65.2 Å². The third-order valence-corrected chi connectivity index (χ3v) is 3.18. The number of benzene rings is 1. The van der Waals surface area contributed by atoms with Gasteiger partial charge in [-0.25, -0.2) is 13.1 Å². The molecule has 1 aromatic carbocycles. The molecule has 5 nitrogen and oxygen atoms in total. The molecular weight excluding hydrogens is 274 g/mol. The van der Waals surface area contributed by atoms with Gasteiger partial charge in [0.05, 0.1) is 11.2 Å². The van der Waals surface area contributed by atoms with Gasteiger partial charge in [0.2, 0.25) is 10.0 Å². The van der Waals surface area contributed by atoms with Gasteiger partial charge in [-0.1, -0.05) is 6.04 Å². The average Bonchev–Trinajstić information content (AvgIpc) is 3.01. The van der Waals surface area contributed by atoms with Crippen LogP contribution in [-0.4, -0.2) is 45.8 Å². The minimum Gasteiger partial charge on any atom is -0.361 e. The van der Waals surface area contributed by atoms with Gasteiger partial charge in [-0.2, -0.15) is 0 Å². The highest BCUT2D eigenvalue weighted by Crippen LogP contribution is 2.21. The van der Waals surface area contributed by atoms with Gasteiger partial charge < -0.3 is 9.88 Å². The van der Waals surface area contributed by atoms with E-state index < -0.39 is 93.8 Å². The molecule has 0 unspecified atom stereocenters. The van der Waals surface area contributed by atoms with Crippen molar-refractivity contribution >= 4 is 20.9 Å². The van der Waals surface area contributed by atoms with E-state index in [2.05, 4.69) is 4.98 Å². The number of fused-ring (bicyclic) bond motifs is 1. The van der Waals surface area contributed by atoms with E-state index in [1.54, 1.807) is 4.72 Å². The highest BCUT2D eigenvalue weighted by Gasteiger charge is 2.11. The van der Waals surface area contributed by atoms with Crippen molar-refractivity contribution in [1.82, 2.24) is 14.6 Å². The van der Waals surface area contributed by atoms with Gasteiger partial charge in [0, 0.05) is 40.0 Å². The summed E-state index contributed by atoms with van der Waals surface area (Å²) in [7, 11) is -4.08. The smallest absolute Gasteiger partial charge is 0.215 e. The maximum absolute atomic E-state index is 12.3. The van der Waals surface area contributed by atoms with Crippen LogP contribution in [0.2, 0.25) is 0 Å². The van der Waals surface area contributed by atoms with Gasteiger partial charge in [-0.15, -0.1) is 0 Å². The first-order valence-electron chi connectivity index (χ1n) is 13.2. The second-order valence-electron chi connectivity index (χ2n) is 3.51. The molecule has 1 aromatic heterocycles. The number of aromatic nitrogens is 1. The van der Waals surface area contributed by atoms with Crippen LogP contribution in [-0.2, 0) is 22.1 Å². The monoisotopic (exact) mass is 311 g/mol. The summed E-state index contributed by atoms with van der Waals surface area (Å²) < 4.78 is 153. The zero-order chi connectivity index (χ0) is 28.6. The number of nitrogens with one attached hydrogen (secondary N) is 2. The first-order chi connectivity index (χ1) is 15.8. The molecule has 0 amide bonds. The van der Waals surface area contributed by atoms with Crippen LogP contribution < -0.4 is 4.72 Å². The Morgan fingerprint density at radius 1 is 1.50 bits per heavy atom. The van der Waals surface area contributed by atoms with Gasteiger partial charge in [-0.05, 0) is 50.6 Å². The lowest BCUT2D eigenvalue weighted by Gasteiger charge is -2.08. The van der Waals surface area contributed by atoms with E-state index in [9.17, 15) is 8.42 Å². The molecule has 2 rings (SSSR count). The summed E-state index contributed by atoms with van der Waals surface area (Å²) in [4.78, 5) is 1.44. The number of sulfonamides is 1. The molecule has 6 heteroatoms. The van der Waals surface area contributed by atoms with E-state index in [-0.39, 0.29) is 0 Å². The molecule has 20 heavy (non-hydrogen) atoms. The molecule has 0 aliphatic carbocycles. The van der Waals surface area contributed by atoms with Crippen LogP contribution in [0.15, 0.2) is 24.3 Å². The molecule has 1 heterocycles. The molecule has 0 aliphatic rings. The number of hydrogen-bond acceptors (Lipinski definition) is 3. The van der Waals surface area contributed by atoms with E-state index in [1.807, 2.05) is 0 Å². The van der Waals surface area contributed by atoms with Crippen LogP contribution in [0, 0.1) is 0 Å². The van der Waals surface area contributed by atoms with Crippen molar-refractivity contribution in [3.63, 3.8) is 0 Å². The number of rotatable bonds is 6. The van der Waals surface area contributed by atoms with Crippen molar-refractivity contribution < 1.29 is 30.3 Å². The summed E-state index contributed by atoms with van der Waals surface area (Å²) in [5, 5.41) is -0.893. The van der Waals surface area contributed by atoms with E-state index in [1.165, 1.54) is 0 Å². The average molecular weight is 312 g/mol. The van der Waals surface area contributed by atoms with Crippen molar-refractivity contribution in [2.24, 2.45) is 0 Å². The third-order valence-electron chi connectivity index (χ3n) is 2.17. The molecule has 0 spiro atoms. The van der Waals surface area contributed by atoms with Crippen LogP contribution in [0.4, 0.5) is 0 Å². The lowest BCUT2D eigenvalue weighted by molar-refractivity contribution is 0.414. The van der Waals surface area contributed by atoms with Gasteiger partial charge in [-0.3, -0.25) is 0 Å². The van der Waals surface area contributed by atoms with Crippen LogP contribution in [0.3, 0.4) is 0 Å². The molecule has 2 aromatic rings. The number of aryl methyl sites for hydroxylation is 1. The lowest BCUT2D eigenvalue weighted by atomic mass is 10.1. The number of likely N-dealkylation sites (N-methyl/N-ethyl adjacent to an activating group) is 1. The highest BCUT2D eigenvalue weighted by atomic mass is 32.2. The van der Waals surface area contributed by atoms with E-state index in [0.717, 1.165) is 7.05 Å². The lowest BCUT2D eigenvalue weighted by Crippen LogP contribution is -2.20. The van der Waals surface area contributed by atoms with Gasteiger partial charge in [0.15, 0.2) is 0 Å². The van der Waals surface area contributed by atoms with Gasteiger partial charge >= 0.3 is 0 Å². The molecule has 0 aliphatic heterocycles. The zero-order valence-corrected chi connectivity index (χ0v) is 11.0. The predicted molar refractivity (Wildman–Crippen MR) is 82.2 cm³/mol. The first-order valence-corrected chi connectivity index (χ1v) is 6.65. The van der Waals surface area contributed by atoms with Crippen molar-refractivity contribution in [3.8, 4) is 0 Å². The van der Waals surface area contributed by atoms with E-state index >= 15 is 0 Å². The van der Waals surface area contributed by atoms with Gasteiger partial charge in [0.25, 0.3) is 0 Å². The Hall–Kier alpha value is -1.37. The van der Waals surface area contributed by atoms with E-state index in [4.69, 9.17) is 21.9 Å². The van der Waals surface area contributed by atoms with E-state index in [0.29, 0.717) is 0 Å². The fraction of sp³-hybridized carbons (Fsp3) is 0.429. The normalized spacial score (nSPS) is 27.5. The van der Waals surface area contributed by atoms with Crippen molar-refractivity contribution in [2.75, 3.05) is 27.5 Å². The number of aromatic amines is 1. The molecular formula is C14H21N3O2S. The maximum atomic E-state index is 12.3. The summed E-state index contributed by atoms with van der Waals surface area (Å²) in [6.07, 6.45) is -4.77.